The molecule has 0 bridgehead atoms. The molecule has 0 radical (unpaired) electrons. The Morgan fingerprint density at radius 2 is 1.70 bits per heavy atom. The Labute approximate surface area is 174 Å². The van der Waals surface area contributed by atoms with Crippen LogP contribution in [0.1, 0.15) is 17.3 Å². The minimum atomic E-state index is -1.02. The highest BCUT2D eigenvalue weighted by atomic mass is 16.5. The molecule has 154 valence electrons. The van der Waals surface area contributed by atoms with E-state index >= 15 is 0 Å². The van der Waals surface area contributed by atoms with Gasteiger partial charge in [-0.05, 0) is 48.0 Å². The van der Waals surface area contributed by atoms with E-state index in [0.29, 0.717) is 17.0 Å². The standard InChI is InChI=1S/C23H22N2O5/c1-15(22(27)25-19-11-10-16-6-3-4-7-17(16)12-19)30-21(26)14-24-23(28)18-8-5-9-20(13-18)29-2/h3-13,15H,14H2,1-2H3,(H,24,28)(H,25,27)/t15-/m1/s1. The van der Waals surface area contributed by atoms with Gasteiger partial charge >= 0.3 is 5.97 Å². The molecule has 7 nitrogen and oxygen atoms in total. The van der Waals surface area contributed by atoms with Crippen molar-refractivity contribution in [3.05, 3.63) is 72.3 Å². The Hall–Kier alpha value is -3.87. The Bertz CT molecular complexity index is 1080. The summed E-state index contributed by atoms with van der Waals surface area (Å²) in [6.07, 6.45) is -1.02. The lowest BCUT2D eigenvalue weighted by molar-refractivity contribution is -0.152. The molecular weight excluding hydrogens is 384 g/mol. The average molecular weight is 406 g/mol. The lowest BCUT2D eigenvalue weighted by Crippen LogP contribution is -2.35. The van der Waals surface area contributed by atoms with Gasteiger partial charge < -0.3 is 20.1 Å². The molecule has 3 aromatic carbocycles. The second kappa shape index (κ2) is 9.56. The summed E-state index contributed by atoms with van der Waals surface area (Å²) in [5, 5.41) is 7.23. The van der Waals surface area contributed by atoms with Gasteiger partial charge in [-0.2, -0.15) is 0 Å². The molecule has 2 amide bonds. The Morgan fingerprint density at radius 1 is 0.933 bits per heavy atom. The minimum Gasteiger partial charge on any atom is -0.497 e. The second-order valence-electron chi connectivity index (χ2n) is 6.60. The summed E-state index contributed by atoms with van der Waals surface area (Å²) in [5.74, 6) is -1.09. The van der Waals surface area contributed by atoms with Crippen LogP contribution in [-0.4, -0.2) is 37.5 Å². The van der Waals surface area contributed by atoms with Crippen molar-refractivity contribution in [2.75, 3.05) is 19.0 Å². The van der Waals surface area contributed by atoms with E-state index in [-0.39, 0.29) is 6.54 Å². The molecule has 0 aromatic heterocycles. The van der Waals surface area contributed by atoms with Gasteiger partial charge in [0, 0.05) is 11.3 Å². The van der Waals surface area contributed by atoms with Crippen LogP contribution in [-0.2, 0) is 14.3 Å². The van der Waals surface area contributed by atoms with E-state index in [1.807, 2.05) is 36.4 Å². The van der Waals surface area contributed by atoms with Crippen LogP contribution in [0.3, 0.4) is 0 Å². The summed E-state index contributed by atoms with van der Waals surface area (Å²) in [6.45, 7) is 1.11. The van der Waals surface area contributed by atoms with Crippen LogP contribution in [0.5, 0.6) is 5.75 Å². The molecule has 3 aromatic rings. The lowest BCUT2D eigenvalue weighted by atomic mass is 10.1. The van der Waals surface area contributed by atoms with E-state index in [1.165, 1.54) is 14.0 Å². The van der Waals surface area contributed by atoms with Crippen LogP contribution in [0.4, 0.5) is 5.69 Å². The van der Waals surface area contributed by atoms with Gasteiger partial charge in [-0.15, -0.1) is 0 Å². The number of fused-ring (bicyclic) bond motifs is 1. The first-order chi connectivity index (χ1) is 14.5. The Balaban J connectivity index is 1.50. The third kappa shape index (κ3) is 5.35. The molecular formula is C23H22N2O5. The van der Waals surface area contributed by atoms with E-state index in [0.717, 1.165) is 10.8 Å². The third-order valence-corrected chi connectivity index (χ3v) is 4.42. The fourth-order valence-electron chi connectivity index (χ4n) is 2.82. The van der Waals surface area contributed by atoms with Gasteiger partial charge in [-0.25, -0.2) is 0 Å². The molecule has 30 heavy (non-hydrogen) atoms. The molecule has 0 unspecified atom stereocenters. The molecule has 0 aliphatic heterocycles. The highest BCUT2D eigenvalue weighted by Gasteiger charge is 2.19. The molecule has 1 atom stereocenters. The van der Waals surface area contributed by atoms with Crippen LogP contribution in [0.2, 0.25) is 0 Å². The molecule has 0 saturated carbocycles. The topological polar surface area (TPSA) is 93.7 Å². The maximum absolute atomic E-state index is 12.3. The van der Waals surface area contributed by atoms with Gasteiger partial charge in [0.25, 0.3) is 11.8 Å². The van der Waals surface area contributed by atoms with E-state index in [2.05, 4.69) is 10.6 Å². The molecule has 0 fully saturated rings. The number of anilines is 1. The number of carbonyl (C=O) groups excluding carboxylic acids is 3. The first-order valence-corrected chi connectivity index (χ1v) is 9.37. The SMILES string of the molecule is COc1cccc(C(=O)NCC(=O)O[C@H](C)C(=O)Nc2ccc3ccccc3c2)c1. The van der Waals surface area contributed by atoms with Gasteiger partial charge in [0.1, 0.15) is 12.3 Å². The fourth-order valence-corrected chi connectivity index (χ4v) is 2.82. The Morgan fingerprint density at radius 3 is 2.47 bits per heavy atom. The van der Waals surface area contributed by atoms with Crippen molar-refractivity contribution in [1.29, 1.82) is 0 Å². The zero-order valence-electron chi connectivity index (χ0n) is 16.7. The van der Waals surface area contributed by atoms with Gasteiger partial charge in [0.05, 0.1) is 7.11 Å². The summed E-state index contributed by atoms with van der Waals surface area (Å²) in [5.41, 5.74) is 0.956. The van der Waals surface area contributed by atoms with E-state index in [4.69, 9.17) is 9.47 Å². The highest BCUT2D eigenvalue weighted by Crippen LogP contribution is 2.19. The molecule has 0 heterocycles. The van der Waals surface area contributed by atoms with Crippen LogP contribution in [0, 0.1) is 0 Å². The minimum absolute atomic E-state index is 0.351. The first kappa shape index (κ1) is 20.9. The van der Waals surface area contributed by atoms with Crippen LogP contribution >= 0.6 is 0 Å². The van der Waals surface area contributed by atoms with Crippen LogP contribution in [0.15, 0.2) is 66.7 Å². The number of carbonyl (C=O) groups is 3. The zero-order valence-corrected chi connectivity index (χ0v) is 16.7. The van der Waals surface area contributed by atoms with E-state index in [9.17, 15) is 14.4 Å². The summed E-state index contributed by atoms with van der Waals surface area (Å²) < 4.78 is 10.2. The smallest absolute Gasteiger partial charge is 0.326 e. The molecule has 0 saturated heterocycles. The van der Waals surface area contributed by atoms with Gasteiger partial charge in [0.2, 0.25) is 0 Å². The number of methoxy groups -OCH3 is 1. The van der Waals surface area contributed by atoms with Crippen molar-refractivity contribution < 1.29 is 23.9 Å². The summed E-state index contributed by atoms with van der Waals surface area (Å²) in [7, 11) is 1.50. The maximum atomic E-state index is 12.3. The number of nitrogens with one attached hydrogen (secondary N) is 2. The number of hydrogen-bond acceptors (Lipinski definition) is 5. The number of esters is 1. The molecule has 2 N–H and O–H groups in total. The molecule has 3 rings (SSSR count). The van der Waals surface area contributed by atoms with Gasteiger partial charge in [-0.1, -0.05) is 36.4 Å². The third-order valence-electron chi connectivity index (χ3n) is 4.42. The summed E-state index contributed by atoms with van der Waals surface area (Å²) in [6, 6.07) is 19.8. The van der Waals surface area contributed by atoms with Crippen molar-refractivity contribution in [2.24, 2.45) is 0 Å². The van der Waals surface area contributed by atoms with Crippen molar-refractivity contribution in [3.8, 4) is 5.75 Å². The van der Waals surface area contributed by atoms with Crippen molar-refractivity contribution in [1.82, 2.24) is 5.32 Å². The molecule has 0 aliphatic rings. The van der Waals surface area contributed by atoms with Gasteiger partial charge in [-0.3, -0.25) is 14.4 Å². The quantitative estimate of drug-likeness (QED) is 0.588. The number of amides is 2. The predicted molar refractivity (Wildman–Crippen MR) is 113 cm³/mol. The van der Waals surface area contributed by atoms with Crippen LogP contribution in [0.25, 0.3) is 10.8 Å². The van der Waals surface area contributed by atoms with Crippen LogP contribution < -0.4 is 15.4 Å². The van der Waals surface area contributed by atoms with E-state index in [1.54, 1.807) is 30.3 Å². The average Bonchev–Trinajstić information content (AvgIpc) is 2.77. The first-order valence-electron chi connectivity index (χ1n) is 9.37. The number of benzene rings is 3. The monoisotopic (exact) mass is 406 g/mol. The second-order valence-corrected chi connectivity index (χ2v) is 6.60. The zero-order chi connectivity index (χ0) is 21.5. The fraction of sp³-hybridized carbons (Fsp3) is 0.174. The van der Waals surface area contributed by atoms with Gasteiger partial charge in [0.15, 0.2) is 6.10 Å². The van der Waals surface area contributed by atoms with E-state index < -0.39 is 23.9 Å². The Kier molecular flexibility index (Phi) is 6.64. The number of ether oxygens (including phenoxy) is 2. The van der Waals surface area contributed by atoms with Crippen molar-refractivity contribution in [3.63, 3.8) is 0 Å². The summed E-state index contributed by atoms with van der Waals surface area (Å²) >= 11 is 0. The molecule has 7 heteroatoms. The summed E-state index contributed by atoms with van der Waals surface area (Å²) in [4.78, 5) is 36.5. The molecule has 0 aliphatic carbocycles. The predicted octanol–water partition coefficient (Wildman–Crippen LogP) is 3.15. The number of hydrogen-bond donors (Lipinski definition) is 2. The largest absolute Gasteiger partial charge is 0.497 e. The normalized spacial score (nSPS) is 11.4. The lowest BCUT2D eigenvalue weighted by Gasteiger charge is -2.14. The van der Waals surface area contributed by atoms with Crippen molar-refractivity contribution >= 4 is 34.2 Å². The molecule has 0 spiro atoms. The maximum Gasteiger partial charge on any atom is 0.326 e. The van der Waals surface area contributed by atoms with Crippen molar-refractivity contribution in [2.45, 2.75) is 13.0 Å². The number of rotatable bonds is 7. The highest BCUT2D eigenvalue weighted by molar-refractivity contribution is 5.98.